The number of rotatable bonds is 8. The van der Waals surface area contributed by atoms with Gasteiger partial charge in [0.25, 0.3) is 0 Å². The molecule has 0 fully saturated rings. The zero-order valence-electron chi connectivity index (χ0n) is 12.7. The van der Waals surface area contributed by atoms with E-state index in [1.54, 1.807) is 0 Å². The molecule has 6 nitrogen and oxygen atoms in total. The van der Waals surface area contributed by atoms with Gasteiger partial charge < -0.3 is 0 Å². The zero-order valence-corrected chi connectivity index (χ0v) is 14.3. The van der Waals surface area contributed by atoms with Crippen molar-refractivity contribution >= 4 is 27.5 Å². The van der Waals surface area contributed by atoms with Crippen molar-refractivity contribution in [1.29, 1.82) is 0 Å². The van der Waals surface area contributed by atoms with Crippen LogP contribution >= 0.6 is 11.6 Å². The van der Waals surface area contributed by atoms with E-state index in [2.05, 4.69) is 10.2 Å². The molecule has 0 spiro atoms. The Bertz CT molecular complexity index is 764. The van der Waals surface area contributed by atoms with Crippen LogP contribution in [0.2, 0.25) is 5.02 Å². The maximum atomic E-state index is 12.0. The van der Waals surface area contributed by atoms with Crippen molar-refractivity contribution in [3.05, 3.63) is 65.2 Å². The van der Waals surface area contributed by atoms with Gasteiger partial charge in [0.1, 0.15) is 0 Å². The van der Waals surface area contributed by atoms with Crippen molar-refractivity contribution in [3.63, 3.8) is 0 Å². The zero-order chi connectivity index (χ0) is 17.4. The van der Waals surface area contributed by atoms with Crippen LogP contribution in [0.25, 0.3) is 0 Å². The highest BCUT2D eigenvalue weighted by molar-refractivity contribution is 7.89. The molecule has 128 valence electrons. The second-order valence-electron chi connectivity index (χ2n) is 4.90. The quantitative estimate of drug-likeness (QED) is 0.700. The third-order valence-electron chi connectivity index (χ3n) is 3.04. The number of sulfonamides is 1. The molecule has 0 saturated heterocycles. The molecule has 0 atom stereocenters. The number of hydrogen-bond acceptors (Lipinski definition) is 4. The van der Waals surface area contributed by atoms with Crippen LogP contribution in [-0.2, 0) is 26.3 Å². The first-order valence-electron chi connectivity index (χ1n) is 7.17. The molecule has 1 amide bonds. The van der Waals surface area contributed by atoms with Crippen molar-refractivity contribution in [3.8, 4) is 0 Å². The van der Waals surface area contributed by atoms with E-state index in [4.69, 9.17) is 16.4 Å². The van der Waals surface area contributed by atoms with Crippen LogP contribution in [0, 0.1) is 0 Å². The van der Waals surface area contributed by atoms with Crippen LogP contribution in [0.3, 0.4) is 0 Å². The highest BCUT2D eigenvalue weighted by Gasteiger charge is 2.13. The Hall–Kier alpha value is -1.93. The molecule has 0 heterocycles. The molecule has 2 aromatic rings. The van der Waals surface area contributed by atoms with E-state index in [0.29, 0.717) is 5.02 Å². The largest absolute Gasteiger partial charge is 0.273 e. The summed E-state index contributed by atoms with van der Waals surface area (Å²) in [6.45, 7) is 0.203. The number of nitrogens with one attached hydrogen (secondary N) is 2. The Morgan fingerprint density at radius 2 is 1.71 bits per heavy atom. The normalized spacial score (nSPS) is 11.2. The lowest BCUT2D eigenvalue weighted by Gasteiger charge is -2.08. The maximum absolute atomic E-state index is 12.0. The molecule has 2 aromatic carbocycles. The Labute approximate surface area is 145 Å². The summed E-state index contributed by atoms with van der Waals surface area (Å²) in [6.07, 6.45) is -0.0401. The Morgan fingerprint density at radius 1 is 1.04 bits per heavy atom. The molecule has 0 unspecified atom stereocenters. The number of carbonyl (C=O) groups excluding carboxylic acids is 1. The van der Waals surface area contributed by atoms with Gasteiger partial charge in [0.05, 0.1) is 11.5 Å². The standard InChI is InChI=1S/C16H17ClN2O4S/c17-14-6-8-15(9-7-14)24(21,22)18-11-10-16(20)19-23-12-13-4-2-1-3-5-13/h1-9,18H,10-12H2,(H,19,20). The summed E-state index contributed by atoms with van der Waals surface area (Å²) in [4.78, 5) is 16.8. The van der Waals surface area contributed by atoms with E-state index in [1.807, 2.05) is 30.3 Å². The second kappa shape index (κ2) is 8.79. The van der Waals surface area contributed by atoms with Crippen LogP contribution in [-0.4, -0.2) is 20.9 Å². The minimum Gasteiger partial charge on any atom is -0.273 e. The van der Waals surface area contributed by atoms with Gasteiger partial charge in [-0.05, 0) is 29.8 Å². The molecule has 2 rings (SSSR count). The summed E-state index contributed by atoms with van der Waals surface area (Å²) in [6, 6.07) is 15.1. The third-order valence-corrected chi connectivity index (χ3v) is 4.76. The second-order valence-corrected chi connectivity index (χ2v) is 7.10. The van der Waals surface area contributed by atoms with Crippen LogP contribution < -0.4 is 10.2 Å². The molecule has 2 N–H and O–H groups in total. The minimum absolute atomic E-state index is 0.0362. The number of amides is 1. The number of halogens is 1. The fourth-order valence-electron chi connectivity index (χ4n) is 1.82. The van der Waals surface area contributed by atoms with Gasteiger partial charge in [-0.15, -0.1) is 0 Å². The van der Waals surface area contributed by atoms with Crippen molar-refractivity contribution in [2.75, 3.05) is 6.54 Å². The average molecular weight is 369 g/mol. The van der Waals surface area contributed by atoms with Gasteiger partial charge in [0.2, 0.25) is 15.9 Å². The molecular weight excluding hydrogens is 352 g/mol. The van der Waals surface area contributed by atoms with Gasteiger partial charge in [-0.3, -0.25) is 9.63 Å². The summed E-state index contributed by atoms with van der Waals surface area (Å²) in [5.41, 5.74) is 3.19. The van der Waals surface area contributed by atoms with Gasteiger partial charge in [-0.1, -0.05) is 41.9 Å². The van der Waals surface area contributed by atoms with Gasteiger partial charge in [-0.25, -0.2) is 18.6 Å². The first-order chi connectivity index (χ1) is 11.5. The summed E-state index contributed by atoms with van der Waals surface area (Å²) < 4.78 is 26.4. The molecule has 0 aliphatic rings. The Balaban J connectivity index is 1.71. The Morgan fingerprint density at radius 3 is 2.38 bits per heavy atom. The smallest absolute Gasteiger partial charge is 0.244 e. The lowest BCUT2D eigenvalue weighted by atomic mass is 10.2. The summed E-state index contributed by atoms with van der Waals surface area (Å²) >= 11 is 5.72. The number of carbonyl (C=O) groups is 1. The minimum atomic E-state index is -3.67. The SMILES string of the molecule is O=C(CCNS(=O)(=O)c1ccc(Cl)cc1)NOCc1ccccc1. The monoisotopic (exact) mass is 368 g/mol. The number of benzene rings is 2. The number of hydroxylamine groups is 1. The van der Waals surface area contributed by atoms with Crippen molar-refractivity contribution in [1.82, 2.24) is 10.2 Å². The van der Waals surface area contributed by atoms with Gasteiger partial charge in [0.15, 0.2) is 0 Å². The van der Waals surface area contributed by atoms with Gasteiger partial charge in [-0.2, -0.15) is 0 Å². The highest BCUT2D eigenvalue weighted by atomic mass is 35.5. The van der Waals surface area contributed by atoms with E-state index in [0.717, 1.165) is 5.56 Å². The molecule has 0 aromatic heterocycles. The molecule has 8 heteroatoms. The molecule has 0 saturated carbocycles. The van der Waals surface area contributed by atoms with E-state index in [-0.39, 0.29) is 24.5 Å². The van der Waals surface area contributed by atoms with Crippen molar-refractivity contribution in [2.45, 2.75) is 17.9 Å². The van der Waals surface area contributed by atoms with Crippen LogP contribution in [0.5, 0.6) is 0 Å². The van der Waals surface area contributed by atoms with E-state index in [1.165, 1.54) is 24.3 Å². The first-order valence-corrected chi connectivity index (χ1v) is 9.03. The topological polar surface area (TPSA) is 84.5 Å². The van der Waals surface area contributed by atoms with Crippen molar-refractivity contribution < 1.29 is 18.0 Å². The molecule has 0 bridgehead atoms. The third kappa shape index (κ3) is 5.93. The van der Waals surface area contributed by atoms with E-state index in [9.17, 15) is 13.2 Å². The fourth-order valence-corrected chi connectivity index (χ4v) is 2.98. The Kier molecular flexibility index (Phi) is 6.74. The lowest BCUT2D eigenvalue weighted by Crippen LogP contribution is -2.30. The predicted molar refractivity (Wildman–Crippen MR) is 90.6 cm³/mol. The molecule has 24 heavy (non-hydrogen) atoms. The molecular formula is C16H17ClN2O4S. The predicted octanol–water partition coefficient (Wildman–Crippen LogP) is 2.26. The van der Waals surface area contributed by atoms with Crippen LogP contribution in [0.1, 0.15) is 12.0 Å². The molecule has 0 aliphatic carbocycles. The summed E-state index contributed by atoms with van der Waals surface area (Å²) in [5.74, 6) is -0.412. The van der Waals surface area contributed by atoms with Crippen LogP contribution in [0.4, 0.5) is 0 Å². The van der Waals surface area contributed by atoms with Gasteiger partial charge >= 0.3 is 0 Å². The van der Waals surface area contributed by atoms with Crippen molar-refractivity contribution in [2.24, 2.45) is 0 Å². The summed E-state index contributed by atoms with van der Waals surface area (Å²) in [7, 11) is -3.67. The average Bonchev–Trinajstić information content (AvgIpc) is 2.56. The highest BCUT2D eigenvalue weighted by Crippen LogP contribution is 2.13. The summed E-state index contributed by atoms with van der Waals surface area (Å²) in [5, 5.41) is 0.448. The molecule has 0 radical (unpaired) electrons. The fraction of sp³-hybridized carbons (Fsp3) is 0.188. The maximum Gasteiger partial charge on any atom is 0.244 e. The molecule has 0 aliphatic heterocycles. The number of hydrogen-bond donors (Lipinski definition) is 2. The first kappa shape index (κ1) is 18.4. The lowest BCUT2D eigenvalue weighted by molar-refractivity contribution is -0.134. The van der Waals surface area contributed by atoms with Crippen LogP contribution in [0.15, 0.2) is 59.5 Å². The van der Waals surface area contributed by atoms with Gasteiger partial charge in [0, 0.05) is 18.0 Å². The van der Waals surface area contributed by atoms with E-state index < -0.39 is 15.9 Å². The van der Waals surface area contributed by atoms with E-state index >= 15 is 0 Å².